The molecule has 0 amide bonds. The number of rotatable bonds is 3. The van der Waals surface area contributed by atoms with Crippen molar-refractivity contribution in [2.75, 3.05) is 0 Å². The van der Waals surface area contributed by atoms with Crippen LogP contribution in [0.4, 0.5) is 13.2 Å². The van der Waals surface area contributed by atoms with Gasteiger partial charge in [-0.1, -0.05) is 19.1 Å². The molecule has 0 fully saturated rings. The van der Waals surface area contributed by atoms with E-state index >= 15 is 0 Å². The Balaban J connectivity index is 2.38. The van der Waals surface area contributed by atoms with Crippen molar-refractivity contribution in [3.63, 3.8) is 0 Å². The van der Waals surface area contributed by atoms with Gasteiger partial charge in [-0.2, -0.15) is 0 Å². The van der Waals surface area contributed by atoms with E-state index < -0.39 is 17.5 Å². The molecule has 2 aromatic rings. The molecule has 102 valence electrons. The van der Waals surface area contributed by atoms with Crippen molar-refractivity contribution < 1.29 is 13.2 Å². The molecule has 0 aliphatic carbocycles. The lowest BCUT2D eigenvalue weighted by Gasteiger charge is -2.14. The second-order valence-corrected chi connectivity index (χ2v) is 4.82. The zero-order valence-electron chi connectivity index (χ0n) is 10.9. The first-order chi connectivity index (χ1) is 8.90. The third-order valence-electron chi connectivity index (χ3n) is 3.17. The van der Waals surface area contributed by atoms with Crippen molar-refractivity contribution in [3.05, 3.63) is 35.8 Å². The minimum Gasteiger partial charge on any atom is -0.249 e. The monoisotopic (exact) mass is 269 g/mol. The second-order valence-electron chi connectivity index (χ2n) is 4.82. The highest BCUT2D eigenvalue weighted by molar-refractivity contribution is 5.57. The van der Waals surface area contributed by atoms with Gasteiger partial charge in [0.05, 0.1) is 12.2 Å². The molecule has 0 aliphatic heterocycles. The largest absolute Gasteiger partial charge is 0.249 e. The predicted molar refractivity (Wildman–Crippen MR) is 64.9 cm³/mol. The Kier molecular flexibility index (Phi) is 3.59. The van der Waals surface area contributed by atoms with Gasteiger partial charge in [-0.15, -0.1) is 5.10 Å². The van der Waals surface area contributed by atoms with Crippen LogP contribution in [0.15, 0.2) is 18.3 Å². The fraction of sp³-hybridized carbons (Fsp3) is 0.385. The lowest BCUT2D eigenvalue weighted by atomic mass is 10.1. The quantitative estimate of drug-likeness (QED) is 0.797. The lowest BCUT2D eigenvalue weighted by molar-refractivity contribution is 0.368. The molecule has 1 aromatic carbocycles. The zero-order valence-corrected chi connectivity index (χ0v) is 10.9. The summed E-state index contributed by atoms with van der Waals surface area (Å²) < 4.78 is 40.8. The molecule has 6 heteroatoms. The van der Waals surface area contributed by atoms with Crippen LogP contribution in [0.3, 0.4) is 0 Å². The smallest absolute Gasteiger partial charge is 0.194 e. The Morgan fingerprint density at radius 3 is 2.16 bits per heavy atom. The number of aromatic nitrogens is 3. The van der Waals surface area contributed by atoms with Crippen LogP contribution >= 0.6 is 0 Å². The fourth-order valence-electron chi connectivity index (χ4n) is 1.62. The highest BCUT2D eigenvalue weighted by atomic mass is 19.2. The van der Waals surface area contributed by atoms with Crippen LogP contribution in [0.1, 0.15) is 26.8 Å². The summed E-state index contributed by atoms with van der Waals surface area (Å²) in [5.41, 5.74) is 0.476. The molecule has 1 heterocycles. The molecule has 1 aromatic heterocycles. The summed E-state index contributed by atoms with van der Waals surface area (Å²) in [5, 5.41) is 7.78. The van der Waals surface area contributed by atoms with E-state index in [0.29, 0.717) is 11.6 Å². The topological polar surface area (TPSA) is 30.7 Å². The maximum absolute atomic E-state index is 13.1. The number of nitrogens with zero attached hydrogens (tertiary/aromatic N) is 3. The van der Waals surface area contributed by atoms with E-state index in [1.165, 1.54) is 0 Å². The van der Waals surface area contributed by atoms with Crippen LogP contribution in [-0.2, 0) is 0 Å². The first-order valence-corrected chi connectivity index (χ1v) is 5.97. The summed E-state index contributed by atoms with van der Waals surface area (Å²) >= 11 is 0. The van der Waals surface area contributed by atoms with E-state index in [4.69, 9.17) is 0 Å². The van der Waals surface area contributed by atoms with E-state index in [1.54, 1.807) is 10.9 Å². The van der Waals surface area contributed by atoms with Gasteiger partial charge in [-0.05, 0) is 25.0 Å². The molecule has 0 radical (unpaired) electrons. The molecule has 1 atom stereocenters. The van der Waals surface area contributed by atoms with Crippen molar-refractivity contribution in [2.45, 2.75) is 26.8 Å². The number of benzene rings is 1. The summed E-state index contributed by atoms with van der Waals surface area (Å²) in [6.07, 6.45) is 1.59. The van der Waals surface area contributed by atoms with Crippen molar-refractivity contribution in [2.24, 2.45) is 5.92 Å². The molecule has 19 heavy (non-hydrogen) atoms. The van der Waals surface area contributed by atoms with E-state index in [9.17, 15) is 13.2 Å². The SMILES string of the molecule is CC(C)C(C)n1cc(-c2cc(F)c(F)c(F)c2)nn1. The summed E-state index contributed by atoms with van der Waals surface area (Å²) in [5.74, 6) is -3.61. The maximum Gasteiger partial charge on any atom is 0.194 e. The highest BCUT2D eigenvalue weighted by Gasteiger charge is 2.16. The summed E-state index contributed by atoms with van der Waals surface area (Å²) in [6.45, 7) is 6.03. The number of hydrogen-bond acceptors (Lipinski definition) is 2. The van der Waals surface area contributed by atoms with Crippen molar-refractivity contribution >= 4 is 0 Å². The van der Waals surface area contributed by atoms with Gasteiger partial charge in [0.25, 0.3) is 0 Å². The van der Waals surface area contributed by atoms with E-state index in [1.807, 2.05) is 20.8 Å². The van der Waals surface area contributed by atoms with Gasteiger partial charge >= 0.3 is 0 Å². The first kappa shape index (κ1) is 13.6. The Labute approximate surface area is 109 Å². The molecular formula is C13H14F3N3. The van der Waals surface area contributed by atoms with Gasteiger partial charge in [0.2, 0.25) is 0 Å². The minimum absolute atomic E-state index is 0.108. The molecule has 3 nitrogen and oxygen atoms in total. The average Bonchev–Trinajstić information content (AvgIpc) is 2.83. The average molecular weight is 269 g/mol. The van der Waals surface area contributed by atoms with Gasteiger partial charge in [-0.25, -0.2) is 17.9 Å². The molecule has 0 spiro atoms. The van der Waals surface area contributed by atoms with E-state index in [2.05, 4.69) is 10.3 Å². The molecule has 0 aliphatic rings. The molecule has 0 saturated heterocycles. The molecule has 0 bridgehead atoms. The van der Waals surface area contributed by atoms with Crippen LogP contribution < -0.4 is 0 Å². The first-order valence-electron chi connectivity index (χ1n) is 5.97. The van der Waals surface area contributed by atoms with Crippen molar-refractivity contribution in [3.8, 4) is 11.3 Å². The van der Waals surface area contributed by atoms with Gasteiger partial charge in [0.15, 0.2) is 17.5 Å². The zero-order chi connectivity index (χ0) is 14.2. The summed E-state index contributed by atoms with van der Waals surface area (Å²) in [4.78, 5) is 0. The third kappa shape index (κ3) is 2.62. The molecule has 2 rings (SSSR count). The number of hydrogen-bond donors (Lipinski definition) is 0. The van der Waals surface area contributed by atoms with Gasteiger partial charge in [0.1, 0.15) is 5.69 Å². The normalized spacial score (nSPS) is 13.0. The Hall–Kier alpha value is -1.85. The Morgan fingerprint density at radius 1 is 1.05 bits per heavy atom. The van der Waals surface area contributed by atoms with E-state index in [-0.39, 0.29) is 11.6 Å². The molecular weight excluding hydrogens is 255 g/mol. The van der Waals surface area contributed by atoms with Crippen LogP contribution in [0.5, 0.6) is 0 Å². The van der Waals surface area contributed by atoms with Crippen LogP contribution in [0, 0.1) is 23.4 Å². The van der Waals surface area contributed by atoms with Crippen molar-refractivity contribution in [1.82, 2.24) is 15.0 Å². The van der Waals surface area contributed by atoms with Crippen LogP contribution in [-0.4, -0.2) is 15.0 Å². The fourth-order valence-corrected chi connectivity index (χ4v) is 1.62. The summed E-state index contributed by atoms with van der Waals surface area (Å²) in [7, 11) is 0. The molecule has 0 N–H and O–H groups in total. The Bertz CT molecular complexity index is 570. The highest BCUT2D eigenvalue weighted by Crippen LogP contribution is 2.23. The van der Waals surface area contributed by atoms with Gasteiger partial charge in [-0.3, -0.25) is 0 Å². The van der Waals surface area contributed by atoms with Crippen molar-refractivity contribution in [1.29, 1.82) is 0 Å². The van der Waals surface area contributed by atoms with E-state index in [0.717, 1.165) is 12.1 Å². The second kappa shape index (κ2) is 5.03. The number of halogens is 3. The molecule has 1 unspecified atom stereocenters. The van der Waals surface area contributed by atoms with Crippen LogP contribution in [0.25, 0.3) is 11.3 Å². The molecule has 0 saturated carbocycles. The van der Waals surface area contributed by atoms with Gasteiger partial charge < -0.3 is 0 Å². The maximum atomic E-state index is 13.1. The predicted octanol–water partition coefficient (Wildman–Crippen LogP) is 3.58. The van der Waals surface area contributed by atoms with Crippen LogP contribution in [0.2, 0.25) is 0 Å². The summed E-state index contributed by atoms with van der Waals surface area (Å²) in [6, 6.07) is 1.93. The Morgan fingerprint density at radius 2 is 1.63 bits per heavy atom. The standard InChI is InChI=1S/C13H14F3N3/c1-7(2)8(3)19-6-12(17-18-19)9-4-10(14)13(16)11(15)5-9/h4-8H,1-3H3. The minimum atomic E-state index is -1.48. The lowest BCUT2D eigenvalue weighted by Crippen LogP contribution is -2.11. The van der Waals surface area contributed by atoms with Gasteiger partial charge in [0, 0.05) is 5.56 Å². The third-order valence-corrected chi connectivity index (χ3v) is 3.17.